The van der Waals surface area contributed by atoms with Gasteiger partial charge in [-0.15, -0.1) is 0 Å². The van der Waals surface area contributed by atoms with Crippen LogP contribution in [0, 0.1) is 5.82 Å². The van der Waals surface area contributed by atoms with Crippen LogP contribution in [-0.4, -0.2) is 7.05 Å². The number of hydrogen-bond acceptors (Lipinski definition) is 2. The summed E-state index contributed by atoms with van der Waals surface area (Å²) >= 11 is 5.11. The van der Waals surface area contributed by atoms with Crippen LogP contribution in [0.4, 0.5) is 4.39 Å². The zero-order valence-electron chi connectivity index (χ0n) is 8.76. The van der Waals surface area contributed by atoms with E-state index in [1.165, 1.54) is 6.07 Å². The second kappa shape index (κ2) is 5.08. The molecule has 0 bridgehead atoms. The summed E-state index contributed by atoms with van der Waals surface area (Å²) in [5.74, 6) is -0.163. The van der Waals surface area contributed by atoms with Crippen molar-refractivity contribution in [2.24, 2.45) is 0 Å². The van der Waals surface area contributed by atoms with Crippen LogP contribution in [0.3, 0.4) is 0 Å². The van der Waals surface area contributed by atoms with E-state index in [1.54, 1.807) is 17.4 Å². The summed E-state index contributed by atoms with van der Waals surface area (Å²) in [4.78, 5) is 0. The molecule has 84 valence electrons. The maximum atomic E-state index is 13.4. The summed E-state index contributed by atoms with van der Waals surface area (Å²) in [6, 6.07) is 5.21. The van der Waals surface area contributed by atoms with Crippen molar-refractivity contribution in [1.82, 2.24) is 5.32 Å². The van der Waals surface area contributed by atoms with Gasteiger partial charge in [0, 0.05) is 27.5 Å². The Kier molecular flexibility index (Phi) is 3.74. The molecule has 0 atom stereocenters. The molecule has 0 spiro atoms. The van der Waals surface area contributed by atoms with Gasteiger partial charge in [0.05, 0.1) is 0 Å². The summed E-state index contributed by atoms with van der Waals surface area (Å²) < 4.78 is 14.5. The Hall–Kier alpha value is -0.710. The van der Waals surface area contributed by atoms with E-state index in [2.05, 4.69) is 26.6 Å². The Morgan fingerprint density at radius 1 is 1.38 bits per heavy atom. The molecule has 1 aromatic carbocycles. The molecule has 0 aliphatic rings. The molecule has 1 nitrogen and oxygen atoms in total. The molecule has 1 aromatic heterocycles. The highest BCUT2D eigenvalue weighted by Crippen LogP contribution is 2.32. The van der Waals surface area contributed by atoms with Crippen LogP contribution in [0.2, 0.25) is 0 Å². The fourth-order valence-corrected chi connectivity index (χ4v) is 3.09. The number of rotatable bonds is 3. The summed E-state index contributed by atoms with van der Waals surface area (Å²) in [6.07, 6.45) is 0. The van der Waals surface area contributed by atoms with Crippen molar-refractivity contribution in [3.05, 3.63) is 44.8 Å². The molecule has 0 amide bonds. The quantitative estimate of drug-likeness (QED) is 0.902. The fourth-order valence-electron chi connectivity index (χ4n) is 1.56. The molecule has 4 heteroatoms. The number of thiophene rings is 1. The van der Waals surface area contributed by atoms with Crippen molar-refractivity contribution >= 4 is 27.3 Å². The predicted molar refractivity (Wildman–Crippen MR) is 70.2 cm³/mol. The van der Waals surface area contributed by atoms with E-state index >= 15 is 0 Å². The minimum absolute atomic E-state index is 0.163. The molecule has 0 saturated carbocycles. The third-order valence-corrected chi connectivity index (χ3v) is 4.04. The van der Waals surface area contributed by atoms with Gasteiger partial charge in [-0.2, -0.15) is 11.3 Å². The van der Waals surface area contributed by atoms with E-state index in [0.717, 1.165) is 15.6 Å². The van der Waals surface area contributed by atoms with Crippen LogP contribution in [0.25, 0.3) is 11.1 Å². The summed E-state index contributed by atoms with van der Waals surface area (Å²) in [6.45, 7) is 0.543. The highest BCUT2D eigenvalue weighted by molar-refractivity contribution is 9.10. The average molecular weight is 300 g/mol. The van der Waals surface area contributed by atoms with Gasteiger partial charge in [0.2, 0.25) is 0 Å². The lowest BCUT2D eigenvalue weighted by atomic mass is 10.1. The van der Waals surface area contributed by atoms with Crippen LogP contribution >= 0.6 is 27.3 Å². The van der Waals surface area contributed by atoms with Gasteiger partial charge in [0.15, 0.2) is 0 Å². The number of benzene rings is 1. The molecule has 0 aliphatic carbocycles. The average Bonchev–Trinajstić information content (AvgIpc) is 2.68. The molecule has 1 N–H and O–H groups in total. The van der Waals surface area contributed by atoms with Gasteiger partial charge >= 0.3 is 0 Å². The Labute approximate surface area is 106 Å². The van der Waals surface area contributed by atoms with Crippen molar-refractivity contribution in [2.45, 2.75) is 6.54 Å². The number of nitrogens with one attached hydrogen (secondary N) is 1. The second-order valence-corrected chi connectivity index (χ2v) is 5.07. The topological polar surface area (TPSA) is 12.0 Å². The van der Waals surface area contributed by atoms with Crippen LogP contribution < -0.4 is 5.32 Å². The minimum Gasteiger partial charge on any atom is -0.316 e. The summed E-state index contributed by atoms with van der Waals surface area (Å²) in [5.41, 5.74) is 2.85. The molecular formula is C12H11BrFNS. The first-order valence-electron chi connectivity index (χ1n) is 4.87. The van der Waals surface area contributed by atoms with Crippen LogP contribution in [-0.2, 0) is 6.54 Å². The molecule has 0 fully saturated rings. The fraction of sp³-hybridized carbons (Fsp3) is 0.167. The van der Waals surface area contributed by atoms with E-state index in [-0.39, 0.29) is 5.82 Å². The van der Waals surface area contributed by atoms with Crippen molar-refractivity contribution in [3.63, 3.8) is 0 Å². The highest BCUT2D eigenvalue weighted by Gasteiger charge is 2.07. The smallest absolute Gasteiger partial charge is 0.127 e. The van der Waals surface area contributed by atoms with E-state index < -0.39 is 0 Å². The summed E-state index contributed by atoms with van der Waals surface area (Å²) in [7, 11) is 1.81. The first-order valence-corrected chi connectivity index (χ1v) is 6.61. The molecule has 16 heavy (non-hydrogen) atoms. The Morgan fingerprint density at radius 3 is 2.81 bits per heavy atom. The van der Waals surface area contributed by atoms with Gasteiger partial charge in [0.1, 0.15) is 5.82 Å². The number of halogens is 2. The normalized spacial score (nSPS) is 10.7. The lowest BCUT2D eigenvalue weighted by Crippen LogP contribution is -2.06. The van der Waals surface area contributed by atoms with Gasteiger partial charge in [-0.25, -0.2) is 4.39 Å². The van der Waals surface area contributed by atoms with Crippen molar-refractivity contribution < 1.29 is 4.39 Å². The first-order chi connectivity index (χ1) is 7.72. The second-order valence-electron chi connectivity index (χ2n) is 3.47. The SMILES string of the molecule is CNCc1cc(-c2cscc2Br)ccc1F. The predicted octanol–water partition coefficient (Wildman–Crippen LogP) is 4.04. The minimum atomic E-state index is -0.163. The largest absolute Gasteiger partial charge is 0.316 e. The maximum absolute atomic E-state index is 13.4. The van der Waals surface area contributed by atoms with Crippen LogP contribution in [0.1, 0.15) is 5.56 Å². The third kappa shape index (κ3) is 2.34. The lowest BCUT2D eigenvalue weighted by molar-refractivity contribution is 0.601. The zero-order chi connectivity index (χ0) is 11.5. The molecular weight excluding hydrogens is 289 g/mol. The van der Waals surface area contributed by atoms with E-state index in [4.69, 9.17) is 0 Å². The molecule has 0 aliphatic heterocycles. The van der Waals surface area contributed by atoms with Crippen molar-refractivity contribution in [1.29, 1.82) is 0 Å². The molecule has 0 unspecified atom stereocenters. The third-order valence-electron chi connectivity index (χ3n) is 2.34. The molecule has 2 rings (SSSR count). The van der Waals surface area contributed by atoms with E-state index in [0.29, 0.717) is 12.1 Å². The Morgan fingerprint density at radius 2 is 2.19 bits per heavy atom. The zero-order valence-corrected chi connectivity index (χ0v) is 11.2. The van der Waals surface area contributed by atoms with Gasteiger partial charge < -0.3 is 5.32 Å². The standard InChI is InChI=1S/C12H11BrFNS/c1-15-5-9-4-8(2-3-12(9)14)10-6-16-7-11(10)13/h2-4,6-7,15H,5H2,1H3. The summed E-state index contributed by atoms with van der Waals surface area (Å²) in [5, 5.41) is 7.04. The maximum Gasteiger partial charge on any atom is 0.127 e. The first kappa shape index (κ1) is 11.8. The van der Waals surface area contributed by atoms with Gasteiger partial charge in [-0.1, -0.05) is 6.07 Å². The number of hydrogen-bond donors (Lipinski definition) is 1. The van der Waals surface area contributed by atoms with Crippen LogP contribution in [0.5, 0.6) is 0 Å². The molecule has 1 heterocycles. The Balaban J connectivity index is 2.43. The Bertz CT molecular complexity index is 496. The molecule has 0 saturated heterocycles. The van der Waals surface area contributed by atoms with Crippen molar-refractivity contribution in [3.8, 4) is 11.1 Å². The lowest BCUT2D eigenvalue weighted by Gasteiger charge is -2.06. The molecule has 0 radical (unpaired) electrons. The van der Waals surface area contributed by atoms with E-state index in [9.17, 15) is 4.39 Å². The van der Waals surface area contributed by atoms with Crippen molar-refractivity contribution in [2.75, 3.05) is 7.05 Å². The highest BCUT2D eigenvalue weighted by atomic mass is 79.9. The van der Waals surface area contributed by atoms with Gasteiger partial charge in [-0.05, 0) is 46.1 Å². The molecule has 2 aromatic rings. The van der Waals surface area contributed by atoms with E-state index in [1.807, 2.05) is 18.5 Å². The van der Waals surface area contributed by atoms with Gasteiger partial charge in [-0.3, -0.25) is 0 Å². The monoisotopic (exact) mass is 299 g/mol. The van der Waals surface area contributed by atoms with Gasteiger partial charge in [0.25, 0.3) is 0 Å². The van der Waals surface area contributed by atoms with Crippen LogP contribution in [0.15, 0.2) is 33.4 Å².